The lowest BCUT2D eigenvalue weighted by Gasteiger charge is -2.37. The van der Waals surface area contributed by atoms with Crippen LogP contribution < -0.4 is 10.6 Å². The molecule has 2 N–H and O–H groups in total. The molecule has 0 aliphatic carbocycles. The van der Waals surface area contributed by atoms with Gasteiger partial charge in [-0.1, -0.05) is 41.4 Å². The Hall–Kier alpha value is -3.12. The number of allylic oxidation sites excluding steroid dienone is 1. The van der Waals surface area contributed by atoms with Crippen molar-refractivity contribution in [3.05, 3.63) is 80.7 Å². The molecule has 0 bridgehead atoms. The van der Waals surface area contributed by atoms with Crippen molar-refractivity contribution < 1.29 is 14.0 Å². The number of likely N-dealkylation sites (tertiary alicyclic amines) is 1. The highest BCUT2D eigenvalue weighted by Gasteiger charge is 2.37. The van der Waals surface area contributed by atoms with Crippen LogP contribution in [0.15, 0.2) is 53.7 Å². The van der Waals surface area contributed by atoms with Crippen molar-refractivity contribution >= 4 is 35.1 Å². The maximum Gasteiger partial charge on any atom is 0.322 e. The standard InChI is InChI=1S/C28H30Cl2FN5O2/c1-18-24(25(34-27(38)35(18)2)19-4-9-22(29)23(30)16-19)26(37)33-12-3-13-36-14-10-28(17-32,11-15-36)20-5-7-21(31)8-6-20/h4-9,16,25H,3,10-15H2,1-2H3,(H,33,37)(H,34,38)/t25-/m1/s1. The number of piperidine rings is 1. The summed E-state index contributed by atoms with van der Waals surface area (Å²) >= 11 is 12.3. The Labute approximate surface area is 232 Å². The van der Waals surface area contributed by atoms with Crippen LogP contribution in [0.1, 0.15) is 43.4 Å². The molecule has 0 spiro atoms. The van der Waals surface area contributed by atoms with Crippen LogP contribution in [0.4, 0.5) is 9.18 Å². The van der Waals surface area contributed by atoms with Crippen molar-refractivity contribution in [3.8, 4) is 6.07 Å². The number of amides is 3. The molecule has 3 amide bonds. The average Bonchev–Trinajstić information content (AvgIpc) is 2.92. The molecule has 1 fully saturated rings. The minimum atomic E-state index is -0.652. The van der Waals surface area contributed by atoms with Crippen LogP contribution in [0.2, 0.25) is 10.0 Å². The number of halogens is 3. The summed E-state index contributed by atoms with van der Waals surface area (Å²) in [5.41, 5.74) is 1.94. The smallest absolute Gasteiger partial charge is 0.322 e. The Morgan fingerprint density at radius 1 is 1.18 bits per heavy atom. The van der Waals surface area contributed by atoms with E-state index < -0.39 is 11.5 Å². The molecule has 4 rings (SSSR count). The minimum Gasteiger partial charge on any atom is -0.352 e. The van der Waals surface area contributed by atoms with Crippen LogP contribution in [0, 0.1) is 17.1 Å². The second kappa shape index (κ2) is 11.7. The predicted molar refractivity (Wildman–Crippen MR) is 145 cm³/mol. The Bertz CT molecular complexity index is 1280. The molecule has 2 heterocycles. The van der Waals surface area contributed by atoms with Crippen LogP contribution in [0.5, 0.6) is 0 Å². The van der Waals surface area contributed by atoms with Crippen molar-refractivity contribution in [2.75, 3.05) is 33.2 Å². The summed E-state index contributed by atoms with van der Waals surface area (Å²) in [7, 11) is 1.62. The molecule has 0 saturated carbocycles. The van der Waals surface area contributed by atoms with Crippen LogP contribution in [-0.2, 0) is 10.2 Å². The quantitative estimate of drug-likeness (QED) is 0.460. The van der Waals surface area contributed by atoms with E-state index >= 15 is 0 Å². The molecule has 0 radical (unpaired) electrons. The molecule has 7 nitrogen and oxygen atoms in total. The first kappa shape index (κ1) is 27.9. The summed E-state index contributed by atoms with van der Waals surface area (Å²) in [6.07, 6.45) is 2.07. The maximum atomic E-state index is 13.3. The van der Waals surface area contributed by atoms with Crippen LogP contribution in [-0.4, -0.2) is 55.0 Å². The van der Waals surface area contributed by atoms with Gasteiger partial charge in [-0.05, 0) is 81.2 Å². The largest absolute Gasteiger partial charge is 0.352 e. The summed E-state index contributed by atoms with van der Waals surface area (Å²) in [6.45, 7) is 4.47. The van der Waals surface area contributed by atoms with E-state index in [1.165, 1.54) is 17.0 Å². The van der Waals surface area contributed by atoms with E-state index in [-0.39, 0.29) is 17.8 Å². The Morgan fingerprint density at radius 2 is 1.87 bits per heavy atom. The first-order valence-electron chi connectivity index (χ1n) is 12.5. The molecule has 38 heavy (non-hydrogen) atoms. The predicted octanol–water partition coefficient (Wildman–Crippen LogP) is 5.17. The molecule has 0 aromatic heterocycles. The van der Waals surface area contributed by atoms with Gasteiger partial charge in [0.15, 0.2) is 0 Å². The topological polar surface area (TPSA) is 88.5 Å². The summed E-state index contributed by atoms with van der Waals surface area (Å²) in [5.74, 6) is -0.568. The van der Waals surface area contributed by atoms with E-state index in [1.54, 1.807) is 44.3 Å². The van der Waals surface area contributed by atoms with Gasteiger partial charge in [0.2, 0.25) is 0 Å². The van der Waals surface area contributed by atoms with Crippen molar-refractivity contribution in [2.45, 2.75) is 37.6 Å². The second-order valence-corrected chi connectivity index (χ2v) is 10.6. The third kappa shape index (κ3) is 5.80. The second-order valence-electron chi connectivity index (χ2n) is 9.77. The zero-order chi connectivity index (χ0) is 27.4. The van der Waals surface area contributed by atoms with Gasteiger partial charge in [-0.2, -0.15) is 5.26 Å². The van der Waals surface area contributed by atoms with Gasteiger partial charge in [-0.25, -0.2) is 9.18 Å². The van der Waals surface area contributed by atoms with Gasteiger partial charge in [0.1, 0.15) is 5.82 Å². The number of carbonyl (C=O) groups excluding carboxylic acids is 2. The molecule has 10 heteroatoms. The molecule has 2 aromatic rings. The van der Waals surface area contributed by atoms with E-state index in [0.717, 1.165) is 31.6 Å². The first-order valence-corrected chi connectivity index (χ1v) is 13.3. The highest BCUT2D eigenvalue weighted by Crippen LogP contribution is 2.35. The lowest BCUT2D eigenvalue weighted by atomic mass is 9.74. The Morgan fingerprint density at radius 3 is 2.50 bits per heavy atom. The number of nitrogens with zero attached hydrogens (tertiary/aromatic N) is 3. The number of hydrogen-bond acceptors (Lipinski definition) is 4. The molecule has 0 unspecified atom stereocenters. The summed E-state index contributed by atoms with van der Waals surface area (Å²) in [6, 6.07) is 12.8. The fourth-order valence-electron chi connectivity index (χ4n) is 5.06. The molecule has 200 valence electrons. The van der Waals surface area contributed by atoms with E-state index in [2.05, 4.69) is 21.6 Å². The molecule has 2 aromatic carbocycles. The monoisotopic (exact) mass is 557 g/mol. The van der Waals surface area contributed by atoms with E-state index in [1.807, 2.05) is 0 Å². The number of nitriles is 1. The van der Waals surface area contributed by atoms with Gasteiger partial charge in [0, 0.05) is 19.3 Å². The fourth-order valence-corrected chi connectivity index (χ4v) is 5.37. The zero-order valence-electron chi connectivity index (χ0n) is 21.4. The van der Waals surface area contributed by atoms with E-state index in [9.17, 15) is 19.2 Å². The molecular weight excluding hydrogens is 528 g/mol. The number of nitrogens with one attached hydrogen (secondary N) is 2. The maximum absolute atomic E-state index is 13.3. The van der Waals surface area contributed by atoms with Crippen molar-refractivity contribution in [3.63, 3.8) is 0 Å². The molecule has 1 saturated heterocycles. The number of rotatable bonds is 7. The third-order valence-electron chi connectivity index (χ3n) is 7.53. The lowest BCUT2D eigenvalue weighted by Crippen LogP contribution is -2.48. The highest BCUT2D eigenvalue weighted by molar-refractivity contribution is 6.42. The minimum absolute atomic E-state index is 0.260. The van der Waals surface area contributed by atoms with E-state index in [0.29, 0.717) is 46.3 Å². The molecule has 1 atom stereocenters. The van der Waals surface area contributed by atoms with Gasteiger partial charge in [-0.3, -0.25) is 4.79 Å². The van der Waals surface area contributed by atoms with Gasteiger partial charge in [0.25, 0.3) is 5.91 Å². The number of hydrogen-bond donors (Lipinski definition) is 2. The number of urea groups is 1. The SMILES string of the molecule is CC1=C(C(=O)NCCCN2CCC(C#N)(c3ccc(F)cc3)CC2)[C@@H](c2ccc(Cl)c(Cl)c2)NC(=O)N1C. The van der Waals surface area contributed by atoms with Crippen molar-refractivity contribution in [1.29, 1.82) is 5.26 Å². The molecule has 2 aliphatic rings. The zero-order valence-corrected chi connectivity index (χ0v) is 22.9. The fraction of sp³-hybridized carbons (Fsp3) is 0.393. The van der Waals surface area contributed by atoms with Gasteiger partial charge in [0.05, 0.1) is 33.1 Å². The van der Waals surface area contributed by atoms with Crippen molar-refractivity contribution in [1.82, 2.24) is 20.4 Å². The lowest BCUT2D eigenvalue weighted by molar-refractivity contribution is -0.118. The Balaban J connectivity index is 1.34. The average molecular weight is 558 g/mol. The van der Waals surface area contributed by atoms with E-state index in [4.69, 9.17) is 23.2 Å². The Kier molecular flexibility index (Phi) is 8.61. The van der Waals surface area contributed by atoms with Crippen LogP contribution >= 0.6 is 23.2 Å². The van der Waals surface area contributed by atoms with Gasteiger partial charge < -0.3 is 20.4 Å². The highest BCUT2D eigenvalue weighted by atomic mass is 35.5. The summed E-state index contributed by atoms with van der Waals surface area (Å²) in [5, 5.41) is 16.5. The van der Waals surface area contributed by atoms with Crippen LogP contribution in [0.25, 0.3) is 0 Å². The van der Waals surface area contributed by atoms with Gasteiger partial charge >= 0.3 is 6.03 Å². The number of carbonyl (C=O) groups is 2. The summed E-state index contributed by atoms with van der Waals surface area (Å²) in [4.78, 5) is 29.4. The normalized spacial score (nSPS) is 19.6. The summed E-state index contributed by atoms with van der Waals surface area (Å²) < 4.78 is 13.3. The first-order chi connectivity index (χ1) is 18.1. The molecule has 2 aliphatic heterocycles. The van der Waals surface area contributed by atoms with Gasteiger partial charge in [-0.15, -0.1) is 0 Å². The van der Waals surface area contributed by atoms with Crippen LogP contribution in [0.3, 0.4) is 0 Å². The number of benzene rings is 2. The van der Waals surface area contributed by atoms with Crippen molar-refractivity contribution in [2.24, 2.45) is 0 Å². The third-order valence-corrected chi connectivity index (χ3v) is 8.27. The molecular formula is C28H30Cl2FN5O2.